The maximum Gasteiger partial charge on any atom is 0.250 e. The van der Waals surface area contributed by atoms with Gasteiger partial charge in [-0.25, -0.2) is 0 Å². The quantitative estimate of drug-likeness (QED) is 0.543. The lowest BCUT2D eigenvalue weighted by atomic mass is 10.1. The van der Waals surface area contributed by atoms with Crippen molar-refractivity contribution in [2.24, 2.45) is 5.73 Å². The summed E-state index contributed by atoms with van der Waals surface area (Å²) < 4.78 is 10.8. The molecule has 1 rings (SSSR count). The highest BCUT2D eigenvalue weighted by atomic mass is 16.5. The average Bonchev–Trinajstić information content (AvgIpc) is 2.35. The summed E-state index contributed by atoms with van der Waals surface area (Å²) in [7, 11) is 0. The first-order chi connectivity index (χ1) is 8.65. The lowest BCUT2D eigenvalue weighted by Crippen LogP contribution is -2.14. The summed E-state index contributed by atoms with van der Waals surface area (Å²) in [6.45, 7) is 3.82. The molecule has 0 unspecified atom stereocenters. The van der Waals surface area contributed by atoms with Crippen LogP contribution in [0.4, 0.5) is 5.69 Å². The van der Waals surface area contributed by atoms with Crippen LogP contribution in [0.15, 0.2) is 18.2 Å². The van der Waals surface area contributed by atoms with E-state index in [-0.39, 0.29) is 5.56 Å². The van der Waals surface area contributed by atoms with E-state index < -0.39 is 5.91 Å². The van der Waals surface area contributed by atoms with Gasteiger partial charge in [-0.2, -0.15) is 0 Å². The monoisotopic (exact) mass is 252 g/mol. The summed E-state index contributed by atoms with van der Waals surface area (Å²) in [6.07, 6.45) is 2.16. The lowest BCUT2D eigenvalue weighted by Gasteiger charge is -2.09. The van der Waals surface area contributed by atoms with Crippen molar-refractivity contribution in [1.82, 2.24) is 0 Å². The number of carbonyl (C=O) groups is 1. The summed E-state index contributed by atoms with van der Waals surface area (Å²) in [5, 5.41) is 0. The zero-order chi connectivity index (χ0) is 13.4. The fourth-order valence-electron chi connectivity index (χ4n) is 1.41. The second kappa shape index (κ2) is 7.55. The van der Waals surface area contributed by atoms with Gasteiger partial charge < -0.3 is 20.9 Å². The molecule has 0 aromatic heterocycles. The molecular weight excluding hydrogens is 232 g/mol. The first kappa shape index (κ1) is 14.3. The van der Waals surface area contributed by atoms with Crippen molar-refractivity contribution in [3.05, 3.63) is 23.8 Å². The minimum absolute atomic E-state index is 0.277. The van der Waals surface area contributed by atoms with Crippen LogP contribution >= 0.6 is 0 Å². The van der Waals surface area contributed by atoms with Crippen molar-refractivity contribution >= 4 is 11.6 Å². The zero-order valence-electron chi connectivity index (χ0n) is 10.6. The summed E-state index contributed by atoms with van der Waals surface area (Å²) in [5.74, 6) is 0.00855. The smallest absolute Gasteiger partial charge is 0.250 e. The number of unbranched alkanes of at least 4 members (excludes halogenated alkanes) is 1. The van der Waals surface area contributed by atoms with Gasteiger partial charge >= 0.3 is 0 Å². The normalized spacial score (nSPS) is 10.3. The van der Waals surface area contributed by atoms with Crippen LogP contribution in [0.3, 0.4) is 0 Å². The second-order valence-electron chi connectivity index (χ2n) is 3.93. The van der Waals surface area contributed by atoms with Crippen molar-refractivity contribution in [2.45, 2.75) is 19.8 Å². The Morgan fingerprint density at radius 3 is 2.72 bits per heavy atom. The van der Waals surface area contributed by atoms with Crippen LogP contribution in [0.5, 0.6) is 5.75 Å². The molecule has 0 fully saturated rings. The highest BCUT2D eigenvalue weighted by Crippen LogP contribution is 2.19. The molecule has 1 aromatic rings. The fraction of sp³-hybridized carbons (Fsp3) is 0.462. The number of hydrogen-bond donors (Lipinski definition) is 2. The van der Waals surface area contributed by atoms with Crippen molar-refractivity contribution in [2.75, 3.05) is 25.6 Å². The SMILES string of the molecule is CCCCOCCOc1ccc(N)c(C(N)=O)c1. The summed E-state index contributed by atoms with van der Waals surface area (Å²) in [6, 6.07) is 4.85. The molecule has 4 N–H and O–H groups in total. The van der Waals surface area contributed by atoms with Crippen LogP contribution < -0.4 is 16.2 Å². The highest BCUT2D eigenvalue weighted by molar-refractivity contribution is 5.98. The first-order valence-corrected chi connectivity index (χ1v) is 6.05. The van der Waals surface area contributed by atoms with Crippen LogP contribution in [0.25, 0.3) is 0 Å². The summed E-state index contributed by atoms with van der Waals surface area (Å²) >= 11 is 0. The maximum atomic E-state index is 11.1. The van der Waals surface area contributed by atoms with Gasteiger partial charge in [0.05, 0.1) is 12.2 Å². The van der Waals surface area contributed by atoms with Crippen molar-refractivity contribution in [3.8, 4) is 5.75 Å². The van der Waals surface area contributed by atoms with Crippen LogP contribution in [0.1, 0.15) is 30.1 Å². The minimum Gasteiger partial charge on any atom is -0.491 e. The Bertz CT molecular complexity index is 394. The molecule has 0 aliphatic rings. The van der Waals surface area contributed by atoms with Crippen LogP contribution in [0.2, 0.25) is 0 Å². The largest absolute Gasteiger partial charge is 0.491 e. The molecule has 0 aliphatic heterocycles. The van der Waals surface area contributed by atoms with E-state index >= 15 is 0 Å². The molecule has 18 heavy (non-hydrogen) atoms. The summed E-state index contributed by atoms with van der Waals surface area (Å²) in [4.78, 5) is 11.1. The topological polar surface area (TPSA) is 87.6 Å². The molecule has 0 aliphatic carbocycles. The van der Waals surface area contributed by atoms with Gasteiger partial charge in [0.25, 0.3) is 5.91 Å². The minimum atomic E-state index is -0.558. The number of amides is 1. The molecule has 1 amide bonds. The number of anilines is 1. The van der Waals surface area contributed by atoms with Gasteiger partial charge in [0, 0.05) is 12.3 Å². The van der Waals surface area contributed by atoms with Gasteiger partial charge in [0.15, 0.2) is 0 Å². The number of primary amides is 1. The van der Waals surface area contributed by atoms with Gasteiger partial charge in [-0.15, -0.1) is 0 Å². The molecule has 1 aromatic carbocycles. The lowest BCUT2D eigenvalue weighted by molar-refractivity contribution is 0.0975. The van der Waals surface area contributed by atoms with E-state index in [1.54, 1.807) is 18.2 Å². The molecule has 5 heteroatoms. The third-order valence-corrected chi connectivity index (χ3v) is 2.43. The molecule has 0 radical (unpaired) electrons. The van der Waals surface area contributed by atoms with Crippen molar-refractivity contribution in [1.29, 1.82) is 0 Å². The third kappa shape index (κ3) is 4.63. The number of nitrogen functional groups attached to an aromatic ring is 1. The van der Waals surface area contributed by atoms with Gasteiger partial charge in [-0.05, 0) is 24.6 Å². The average molecular weight is 252 g/mol. The van der Waals surface area contributed by atoms with E-state index in [2.05, 4.69) is 6.92 Å². The van der Waals surface area contributed by atoms with Gasteiger partial charge in [0.1, 0.15) is 12.4 Å². The van der Waals surface area contributed by atoms with Crippen LogP contribution in [-0.2, 0) is 4.74 Å². The van der Waals surface area contributed by atoms with Crippen molar-refractivity contribution in [3.63, 3.8) is 0 Å². The van der Waals surface area contributed by atoms with E-state index in [1.165, 1.54) is 0 Å². The molecule has 5 nitrogen and oxygen atoms in total. The van der Waals surface area contributed by atoms with E-state index in [4.69, 9.17) is 20.9 Å². The fourth-order valence-corrected chi connectivity index (χ4v) is 1.41. The molecule has 0 atom stereocenters. The summed E-state index contributed by atoms with van der Waals surface area (Å²) in [5.41, 5.74) is 11.4. The molecule has 0 saturated heterocycles. The maximum absolute atomic E-state index is 11.1. The Labute approximate surface area is 107 Å². The highest BCUT2D eigenvalue weighted by Gasteiger charge is 2.07. The number of benzene rings is 1. The van der Waals surface area contributed by atoms with Gasteiger partial charge in [-0.1, -0.05) is 13.3 Å². The number of rotatable bonds is 8. The predicted octanol–water partition coefficient (Wildman–Crippen LogP) is 1.56. The Hall–Kier alpha value is -1.75. The number of ether oxygens (including phenoxy) is 2. The Morgan fingerprint density at radius 1 is 1.28 bits per heavy atom. The van der Waals surface area contributed by atoms with Gasteiger partial charge in [-0.3, -0.25) is 4.79 Å². The number of carbonyl (C=O) groups excluding carboxylic acids is 1. The van der Waals surface area contributed by atoms with E-state index in [1.807, 2.05) is 0 Å². The molecule has 0 heterocycles. The standard InChI is InChI=1S/C13H20N2O3/c1-2-3-6-17-7-8-18-10-4-5-12(14)11(9-10)13(15)16/h4-5,9H,2-3,6-8,14H2,1H3,(H2,15,16). The second-order valence-corrected chi connectivity index (χ2v) is 3.93. The van der Waals surface area contributed by atoms with Crippen molar-refractivity contribution < 1.29 is 14.3 Å². The number of nitrogens with two attached hydrogens (primary N) is 2. The van der Waals surface area contributed by atoms with E-state index in [0.29, 0.717) is 24.7 Å². The number of hydrogen-bond acceptors (Lipinski definition) is 4. The van der Waals surface area contributed by atoms with Crippen LogP contribution in [-0.4, -0.2) is 25.7 Å². The Morgan fingerprint density at radius 2 is 2.06 bits per heavy atom. The van der Waals surface area contributed by atoms with Crippen LogP contribution in [0, 0.1) is 0 Å². The zero-order valence-corrected chi connectivity index (χ0v) is 10.6. The first-order valence-electron chi connectivity index (χ1n) is 6.05. The molecule has 0 spiro atoms. The Balaban J connectivity index is 2.38. The van der Waals surface area contributed by atoms with E-state index in [0.717, 1.165) is 19.4 Å². The molecule has 0 saturated carbocycles. The molecule has 0 bridgehead atoms. The third-order valence-electron chi connectivity index (χ3n) is 2.43. The van der Waals surface area contributed by atoms with Gasteiger partial charge in [0.2, 0.25) is 0 Å². The molecular formula is C13H20N2O3. The predicted molar refractivity (Wildman–Crippen MR) is 70.6 cm³/mol. The molecule has 100 valence electrons. The van der Waals surface area contributed by atoms with E-state index in [9.17, 15) is 4.79 Å². The Kier molecular flexibility index (Phi) is 6.00.